The standard InChI is InChI=1S/C7H9BrN2O2S/c1-2-12-6(11)5-4(3-9)13-7(8)10-5/h2-3,9H2,1H3. The zero-order valence-corrected chi connectivity index (χ0v) is 9.44. The Kier molecular flexibility index (Phi) is 3.83. The summed E-state index contributed by atoms with van der Waals surface area (Å²) in [5.74, 6) is -0.412. The summed E-state index contributed by atoms with van der Waals surface area (Å²) in [5, 5.41) is 0. The number of nitrogens with two attached hydrogens (primary N) is 1. The fourth-order valence-electron chi connectivity index (χ4n) is 0.820. The van der Waals surface area contributed by atoms with Crippen LogP contribution in [0, 0.1) is 0 Å². The highest BCUT2D eigenvalue weighted by molar-refractivity contribution is 9.11. The molecule has 6 heteroatoms. The Bertz CT molecular complexity index is 313. The van der Waals surface area contributed by atoms with Crippen LogP contribution in [0.2, 0.25) is 0 Å². The summed E-state index contributed by atoms with van der Waals surface area (Å²) in [4.78, 5) is 16.0. The van der Waals surface area contributed by atoms with Crippen molar-refractivity contribution in [2.75, 3.05) is 6.61 Å². The number of aromatic nitrogens is 1. The van der Waals surface area contributed by atoms with Gasteiger partial charge in [-0.05, 0) is 22.9 Å². The smallest absolute Gasteiger partial charge is 0.358 e. The minimum atomic E-state index is -0.412. The molecule has 0 spiro atoms. The zero-order chi connectivity index (χ0) is 9.84. The van der Waals surface area contributed by atoms with Crippen LogP contribution in [0.15, 0.2) is 3.92 Å². The van der Waals surface area contributed by atoms with Gasteiger partial charge in [0, 0.05) is 6.54 Å². The summed E-state index contributed by atoms with van der Waals surface area (Å²) in [5.41, 5.74) is 5.76. The van der Waals surface area contributed by atoms with Crippen molar-refractivity contribution in [1.82, 2.24) is 4.98 Å². The lowest BCUT2D eigenvalue weighted by Gasteiger charge is -1.98. The first-order chi connectivity index (χ1) is 6.19. The number of thiazole rings is 1. The summed E-state index contributed by atoms with van der Waals surface area (Å²) >= 11 is 4.54. The fraction of sp³-hybridized carbons (Fsp3) is 0.429. The van der Waals surface area contributed by atoms with Gasteiger partial charge in [-0.1, -0.05) is 0 Å². The summed E-state index contributed by atoms with van der Waals surface area (Å²) < 4.78 is 5.46. The molecule has 0 unspecified atom stereocenters. The fourth-order valence-corrected chi connectivity index (χ4v) is 2.23. The van der Waals surface area contributed by atoms with Crippen molar-refractivity contribution < 1.29 is 9.53 Å². The second kappa shape index (κ2) is 4.69. The van der Waals surface area contributed by atoms with Gasteiger partial charge in [0.05, 0.1) is 11.5 Å². The van der Waals surface area contributed by atoms with Gasteiger partial charge >= 0.3 is 5.97 Å². The molecule has 13 heavy (non-hydrogen) atoms. The van der Waals surface area contributed by atoms with E-state index in [0.29, 0.717) is 22.8 Å². The van der Waals surface area contributed by atoms with E-state index in [4.69, 9.17) is 10.5 Å². The summed E-state index contributed by atoms with van der Waals surface area (Å²) in [7, 11) is 0. The third kappa shape index (κ3) is 2.49. The summed E-state index contributed by atoms with van der Waals surface area (Å²) in [6.45, 7) is 2.40. The highest BCUT2D eigenvalue weighted by Crippen LogP contribution is 2.23. The number of carbonyl (C=O) groups is 1. The number of rotatable bonds is 3. The zero-order valence-electron chi connectivity index (χ0n) is 7.04. The molecule has 1 heterocycles. The average molecular weight is 265 g/mol. The van der Waals surface area contributed by atoms with Gasteiger partial charge in [-0.15, -0.1) is 11.3 Å². The largest absolute Gasteiger partial charge is 0.461 e. The molecule has 0 radical (unpaired) electrons. The van der Waals surface area contributed by atoms with Gasteiger partial charge in [-0.3, -0.25) is 0 Å². The van der Waals surface area contributed by atoms with E-state index >= 15 is 0 Å². The van der Waals surface area contributed by atoms with Crippen LogP contribution in [-0.4, -0.2) is 17.6 Å². The molecule has 0 bridgehead atoms. The van der Waals surface area contributed by atoms with Crippen molar-refractivity contribution in [2.24, 2.45) is 5.73 Å². The van der Waals surface area contributed by atoms with Gasteiger partial charge in [-0.25, -0.2) is 9.78 Å². The van der Waals surface area contributed by atoms with E-state index in [0.717, 1.165) is 4.88 Å². The van der Waals surface area contributed by atoms with Gasteiger partial charge in [0.1, 0.15) is 0 Å². The molecule has 0 aliphatic carbocycles. The van der Waals surface area contributed by atoms with Crippen LogP contribution in [0.3, 0.4) is 0 Å². The maximum atomic E-state index is 11.3. The number of esters is 1. The number of ether oxygens (including phenoxy) is 1. The molecule has 1 rings (SSSR count). The van der Waals surface area contributed by atoms with Crippen LogP contribution in [0.25, 0.3) is 0 Å². The van der Waals surface area contributed by atoms with Crippen molar-refractivity contribution in [3.05, 3.63) is 14.5 Å². The molecule has 1 aromatic rings. The first-order valence-corrected chi connectivity index (χ1v) is 5.32. The Balaban J connectivity index is 2.91. The Labute approximate surface area is 88.2 Å². The SMILES string of the molecule is CCOC(=O)c1nc(Br)sc1CN. The minimum Gasteiger partial charge on any atom is -0.461 e. The van der Waals surface area contributed by atoms with E-state index in [2.05, 4.69) is 20.9 Å². The van der Waals surface area contributed by atoms with Crippen LogP contribution < -0.4 is 5.73 Å². The lowest BCUT2D eigenvalue weighted by Crippen LogP contribution is -2.09. The molecule has 0 atom stereocenters. The number of carbonyl (C=O) groups excluding carboxylic acids is 1. The molecule has 1 aromatic heterocycles. The molecule has 72 valence electrons. The molecule has 0 fully saturated rings. The predicted octanol–water partition coefficient (Wildman–Crippen LogP) is 1.54. The van der Waals surface area contributed by atoms with E-state index in [1.54, 1.807) is 6.92 Å². The Morgan fingerprint density at radius 1 is 1.77 bits per heavy atom. The summed E-state index contributed by atoms with van der Waals surface area (Å²) in [6.07, 6.45) is 0. The molecular weight excluding hydrogens is 256 g/mol. The van der Waals surface area contributed by atoms with Crippen molar-refractivity contribution in [1.29, 1.82) is 0 Å². The monoisotopic (exact) mass is 264 g/mol. The number of halogens is 1. The molecule has 0 aromatic carbocycles. The van der Waals surface area contributed by atoms with E-state index in [1.165, 1.54) is 11.3 Å². The van der Waals surface area contributed by atoms with Crippen LogP contribution in [0.4, 0.5) is 0 Å². The molecule has 0 saturated heterocycles. The highest BCUT2D eigenvalue weighted by Gasteiger charge is 2.16. The van der Waals surface area contributed by atoms with E-state index in [-0.39, 0.29) is 0 Å². The molecule has 0 aliphatic heterocycles. The molecule has 0 aliphatic rings. The maximum Gasteiger partial charge on any atom is 0.358 e. The van der Waals surface area contributed by atoms with Gasteiger partial charge in [-0.2, -0.15) is 0 Å². The predicted molar refractivity (Wildman–Crippen MR) is 53.7 cm³/mol. The lowest BCUT2D eigenvalue weighted by atomic mass is 10.3. The number of nitrogens with zero attached hydrogens (tertiary/aromatic N) is 1. The van der Waals surface area contributed by atoms with Crippen molar-refractivity contribution in [3.8, 4) is 0 Å². The van der Waals surface area contributed by atoms with Crippen LogP contribution in [-0.2, 0) is 11.3 Å². The third-order valence-electron chi connectivity index (χ3n) is 1.33. The number of hydrogen-bond donors (Lipinski definition) is 1. The first kappa shape index (κ1) is 10.6. The van der Waals surface area contributed by atoms with Gasteiger partial charge in [0.2, 0.25) is 0 Å². The van der Waals surface area contributed by atoms with Gasteiger partial charge in [0.25, 0.3) is 0 Å². The average Bonchev–Trinajstić information content (AvgIpc) is 2.47. The van der Waals surface area contributed by atoms with Crippen LogP contribution in [0.5, 0.6) is 0 Å². The maximum absolute atomic E-state index is 11.3. The van der Waals surface area contributed by atoms with Gasteiger partial charge in [0.15, 0.2) is 9.61 Å². The van der Waals surface area contributed by atoms with E-state index < -0.39 is 5.97 Å². The first-order valence-electron chi connectivity index (χ1n) is 3.71. The molecular formula is C7H9BrN2O2S. The summed E-state index contributed by atoms with van der Waals surface area (Å²) in [6, 6.07) is 0. The van der Waals surface area contributed by atoms with Crippen LogP contribution >= 0.6 is 27.3 Å². The van der Waals surface area contributed by atoms with E-state index in [1.807, 2.05) is 0 Å². The van der Waals surface area contributed by atoms with Crippen LogP contribution in [0.1, 0.15) is 22.3 Å². The highest BCUT2D eigenvalue weighted by atomic mass is 79.9. The molecule has 0 amide bonds. The topological polar surface area (TPSA) is 65.2 Å². The molecule has 4 nitrogen and oxygen atoms in total. The van der Waals surface area contributed by atoms with Crippen molar-refractivity contribution in [2.45, 2.75) is 13.5 Å². The van der Waals surface area contributed by atoms with Crippen molar-refractivity contribution in [3.63, 3.8) is 0 Å². The normalized spacial score (nSPS) is 10.1. The quantitative estimate of drug-likeness (QED) is 0.842. The second-order valence-corrected chi connectivity index (χ2v) is 4.52. The Hall–Kier alpha value is -0.460. The minimum absolute atomic E-state index is 0.303. The molecule has 0 saturated carbocycles. The van der Waals surface area contributed by atoms with E-state index in [9.17, 15) is 4.79 Å². The Morgan fingerprint density at radius 3 is 3.00 bits per heavy atom. The number of hydrogen-bond acceptors (Lipinski definition) is 5. The molecule has 2 N–H and O–H groups in total. The Morgan fingerprint density at radius 2 is 2.46 bits per heavy atom. The second-order valence-electron chi connectivity index (χ2n) is 2.16. The van der Waals surface area contributed by atoms with Gasteiger partial charge < -0.3 is 10.5 Å². The van der Waals surface area contributed by atoms with Crippen molar-refractivity contribution >= 4 is 33.2 Å². The third-order valence-corrected chi connectivity index (χ3v) is 2.85. The lowest BCUT2D eigenvalue weighted by molar-refractivity contribution is 0.0519.